The van der Waals surface area contributed by atoms with Gasteiger partial charge in [-0.25, -0.2) is 4.98 Å². The molecule has 2 heterocycles. The first kappa shape index (κ1) is 12.7. The second-order valence-electron chi connectivity index (χ2n) is 4.03. The molecule has 0 fully saturated rings. The Morgan fingerprint density at radius 1 is 1.67 bits per heavy atom. The average molecular weight is 267 g/mol. The Labute approximate surface area is 107 Å². The van der Waals surface area contributed by atoms with E-state index in [1.165, 1.54) is 17.7 Å². The molecule has 0 radical (unpaired) electrons. The Balaban J connectivity index is 2.40. The quantitative estimate of drug-likeness (QED) is 0.750. The van der Waals surface area contributed by atoms with E-state index in [1.54, 1.807) is 13.8 Å². The number of hydrogen-bond donors (Lipinski definition) is 3. The molecule has 1 amide bonds. The van der Waals surface area contributed by atoms with Crippen LogP contribution in [-0.4, -0.2) is 33.6 Å². The second kappa shape index (κ2) is 4.87. The second-order valence-corrected chi connectivity index (χ2v) is 5.03. The van der Waals surface area contributed by atoms with E-state index < -0.39 is 6.10 Å². The zero-order chi connectivity index (χ0) is 13.3. The third kappa shape index (κ3) is 2.27. The Kier molecular flexibility index (Phi) is 3.44. The SMILES string of the molecule is Cc1c(C(=O)NC[C@@H](C)O)sc2nc[nH]c(=O)c12. The zero-order valence-electron chi connectivity index (χ0n) is 9.98. The number of aliphatic hydroxyl groups excluding tert-OH is 1. The lowest BCUT2D eigenvalue weighted by Crippen LogP contribution is -2.30. The minimum Gasteiger partial charge on any atom is -0.392 e. The van der Waals surface area contributed by atoms with Gasteiger partial charge in [0, 0.05) is 6.54 Å². The molecular weight excluding hydrogens is 254 g/mol. The average Bonchev–Trinajstić information content (AvgIpc) is 2.65. The first-order valence-electron chi connectivity index (χ1n) is 5.43. The standard InChI is InChI=1S/C11H13N3O3S/c1-5(15)3-12-10(17)8-6(2)7-9(16)13-4-14-11(7)18-8/h4-5,15H,3H2,1-2H3,(H,12,17)(H,13,14,16)/t5-/m1/s1. The highest BCUT2D eigenvalue weighted by atomic mass is 32.1. The van der Waals surface area contributed by atoms with Crippen LogP contribution in [-0.2, 0) is 0 Å². The van der Waals surface area contributed by atoms with Gasteiger partial charge < -0.3 is 15.4 Å². The maximum absolute atomic E-state index is 11.9. The van der Waals surface area contributed by atoms with E-state index in [0.29, 0.717) is 20.7 Å². The minimum absolute atomic E-state index is 0.177. The van der Waals surface area contributed by atoms with Crippen molar-refractivity contribution in [2.75, 3.05) is 6.54 Å². The number of rotatable bonds is 3. The number of hydrogen-bond acceptors (Lipinski definition) is 5. The number of amides is 1. The lowest BCUT2D eigenvalue weighted by atomic mass is 10.2. The van der Waals surface area contributed by atoms with Crippen LogP contribution in [0.2, 0.25) is 0 Å². The van der Waals surface area contributed by atoms with E-state index in [4.69, 9.17) is 5.11 Å². The minimum atomic E-state index is -0.606. The van der Waals surface area contributed by atoms with Crippen molar-refractivity contribution in [3.8, 4) is 0 Å². The van der Waals surface area contributed by atoms with Crippen LogP contribution >= 0.6 is 11.3 Å². The highest BCUT2D eigenvalue weighted by molar-refractivity contribution is 7.20. The molecule has 3 N–H and O–H groups in total. The first-order valence-corrected chi connectivity index (χ1v) is 6.25. The summed E-state index contributed by atoms with van der Waals surface area (Å²) in [5.74, 6) is -0.296. The number of carbonyl (C=O) groups excluding carboxylic acids is 1. The van der Waals surface area contributed by atoms with Crippen molar-refractivity contribution in [1.82, 2.24) is 15.3 Å². The van der Waals surface area contributed by atoms with Crippen molar-refractivity contribution in [2.24, 2.45) is 0 Å². The van der Waals surface area contributed by atoms with Crippen molar-refractivity contribution in [3.63, 3.8) is 0 Å². The summed E-state index contributed by atoms with van der Waals surface area (Å²) >= 11 is 1.17. The number of carbonyl (C=O) groups is 1. The molecule has 0 aliphatic heterocycles. The topological polar surface area (TPSA) is 95.1 Å². The largest absolute Gasteiger partial charge is 0.392 e. The predicted octanol–water partition coefficient (Wildman–Crippen LogP) is 0.404. The molecule has 96 valence electrons. The van der Waals surface area contributed by atoms with E-state index in [0.717, 1.165) is 0 Å². The zero-order valence-corrected chi connectivity index (χ0v) is 10.8. The number of fused-ring (bicyclic) bond motifs is 1. The molecule has 0 aromatic carbocycles. The molecule has 2 aromatic heterocycles. The summed E-state index contributed by atoms with van der Waals surface area (Å²) < 4.78 is 0. The molecule has 0 saturated carbocycles. The molecule has 0 aliphatic carbocycles. The van der Waals surface area contributed by atoms with E-state index >= 15 is 0 Å². The fraction of sp³-hybridized carbons (Fsp3) is 0.364. The van der Waals surface area contributed by atoms with Gasteiger partial charge in [0.25, 0.3) is 11.5 Å². The molecule has 0 saturated heterocycles. The summed E-state index contributed by atoms with van der Waals surface area (Å²) in [6, 6.07) is 0. The van der Waals surface area contributed by atoms with Gasteiger partial charge in [-0.3, -0.25) is 9.59 Å². The smallest absolute Gasteiger partial charge is 0.261 e. The summed E-state index contributed by atoms with van der Waals surface area (Å²) in [5, 5.41) is 12.2. The van der Waals surface area contributed by atoms with Crippen LogP contribution in [0.4, 0.5) is 0 Å². The van der Waals surface area contributed by atoms with Crippen molar-refractivity contribution < 1.29 is 9.90 Å². The third-order valence-electron chi connectivity index (χ3n) is 2.50. The van der Waals surface area contributed by atoms with Gasteiger partial charge in [-0.05, 0) is 19.4 Å². The number of thiophene rings is 1. The normalized spacial score (nSPS) is 12.6. The lowest BCUT2D eigenvalue weighted by Gasteiger charge is -2.05. The molecule has 0 bridgehead atoms. The lowest BCUT2D eigenvalue weighted by molar-refractivity contribution is 0.0927. The number of aliphatic hydroxyl groups is 1. The summed E-state index contributed by atoms with van der Waals surface area (Å²) in [6.45, 7) is 3.48. The van der Waals surface area contributed by atoms with Crippen LogP contribution in [0.15, 0.2) is 11.1 Å². The maximum Gasteiger partial charge on any atom is 0.261 e. The molecule has 7 heteroatoms. The monoisotopic (exact) mass is 267 g/mol. The summed E-state index contributed by atoms with van der Waals surface area (Å²) in [4.78, 5) is 31.1. The Morgan fingerprint density at radius 3 is 3.00 bits per heavy atom. The van der Waals surface area contributed by atoms with Crippen LogP contribution < -0.4 is 10.9 Å². The molecule has 0 unspecified atom stereocenters. The van der Waals surface area contributed by atoms with Gasteiger partial charge >= 0.3 is 0 Å². The van der Waals surface area contributed by atoms with E-state index in [1.807, 2.05) is 0 Å². The molecule has 0 spiro atoms. The number of aromatic amines is 1. The van der Waals surface area contributed by atoms with Crippen LogP contribution in [0.1, 0.15) is 22.2 Å². The summed E-state index contributed by atoms with van der Waals surface area (Å²) in [5.41, 5.74) is 0.371. The number of H-pyrrole nitrogens is 1. The van der Waals surface area contributed by atoms with Crippen molar-refractivity contribution in [1.29, 1.82) is 0 Å². The van der Waals surface area contributed by atoms with E-state index in [-0.39, 0.29) is 18.0 Å². The summed E-state index contributed by atoms with van der Waals surface area (Å²) in [7, 11) is 0. The summed E-state index contributed by atoms with van der Waals surface area (Å²) in [6.07, 6.45) is 0.711. The van der Waals surface area contributed by atoms with Crippen LogP contribution in [0.25, 0.3) is 10.2 Å². The van der Waals surface area contributed by atoms with Gasteiger partial charge in [-0.15, -0.1) is 11.3 Å². The van der Waals surface area contributed by atoms with E-state index in [9.17, 15) is 9.59 Å². The van der Waals surface area contributed by atoms with Gasteiger partial charge in [0.2, 0.25) is 0 Å². The fourth-order valence-electron chi connectivity index (χ4n) is 1.62. The molecule has 2 rings (SSSR count). The highest BCUT2D eigenvalue weighted by Gasteiger charge is 2.18. The fourth-order valence-corrected chi connectivity index (χ4v) is 2.68. The van der Waals surface area contributed by atoms with Crippen LogP contribution in [0.3, 0.4) is 0 Å². The first-order chi connectivity index (χ1) is 8.50. The highest BCUT2D eigenvalue weighted by Crippen LogP contribution is 2.26. The number of aromatic nitrogens is 2. The molecule has 0 aliphatic rings. The van der Waals surface area contributed by atoms with Gasteiger partial charge in [0.15, 0.2) is 0 Å². The van der Waals surface area contributed by atoms with Gasteiger partial charge in [0.1, 0.15) is 4.83 Å². The van der Waals surface area contributed by atoms with Gasteiger partial charge in [-0.2, -0.15) is 0 Å². The number of aryl methyl sites for hydroxylation is 1. The van der Waals surface area contributed by atoms with Crippen LogP contribution in [0.5, 0.6) is 0 Å². The predicted molar refractivity (Wildman–Crippen MR) is 69.0 cm³/mol. The molecule has 2 aromatic rings. The van der Waals surface area contributed by atoms with Crippen molar-refractivity contribution in [3.05, 3.63) is 27.1 Å². The van der Waals surface area contributed by atoms with Crippen molar-refractivity contribution in [2.45, 2.75) is 20.0 Å². The van der Waals surface area contributed by atoms with Crippen molar-refractivity contribution >= 4 is 27.5 Å². The van der Waals surface area contributed by atoms with Gasteiger partial charge in [-0.1, -0.05) is 0 Å². The van der Waals surface area contributed by atoms with Gasteiger partial charge in [0.05, 0.1) is 22.7 Å². The Morgan fingerprint density at radius 2 is 2.39 bits per heavy atom. The Bertz CT molecular complexity index is 645. The third-order valence-corrected chi connectivity index (χ3v) is 3.70. The molecule has 6 nitrogen and oxygen atoms in total. The van der Waals surface area contributed by atoms with Crippen LogP contribution in [0, 0.1) is 6.92 Å². The molecule has 1 atom stereocenters. The number of nitrogens with one attached hydrogen (secondary N) is 2. The molecule has 18 heavy (non-hydrogen) atoms. The Hall–Kier alpha value is -1.73. The maximum atomic E-state index is 11.9. The molecular formula is C11H13N3O3S. The van der Waals surface area contributed by atoms with E-state index in [2.05, 4.69) is 15.3 Å². The number of nitrogens with zero attached hydrogens (tertiary/aromatic N) is 1.